The second-order valence-corrected chi connectivity index (χ2v) is 5.89. The van der Waals surface area contributed by atoms with Crippen molar-refractivity contribution in [2.24, 2.45) is 0 Å². The summed E-state index contributed by atoms with van der Waals surface area (Å²) in [5.41, 5.74) is 3.59. The molecular weight excluding hydrogens is 314 g/mol. The second kappa shape index (κ2) is 6.24. The number of nitrogens with zero attached hydrogens (tertiary/aromatic N) is 3. The van der Waals surface area contributed by atoms with E-state index in [0.717, 1.165) is 22.5 Å². The van der Waals surface area contributed by atoms with Gasteiger partial charge in [0.1, 0.15) is 0 Å². The van der Waals surface area contributed by atoms with E-state index < -0.39 is 0 Å². The monoisotopic (exact) mass is 331 g/mol. The lowest BCUT2D eigenvalue weighted by Gasteiger charge is -2.06. The van der Waals surface area contributed by atoms with Crippen LogP contribution >= 0.6 is 0 Å². The number of rotatable bonds is 4. The Kier molecular flexibility index (Phi) is 3.78. The van der Waals surface area contributed by atoms with Crippen LogP contribution in [0.2, 0.25) is 0 Å². The molecule has 0 spiro atoms. The zero-order valence-corrected chi connectivity index (χ0v) is 13.7. The number of anilines is 1. The normalized spacial score (nSPS) is 10.9. The highest BCUT2D eigenvalue weighted by Gasteiger charge is 2.10. The fourth-order valence-corrected chi connectivity index (χ4v) is 2.61. The summed E-state index contributed by atoms with van der Waals surface area (Å²) in [7, 11) is 0. The van der Waals surface area contributed by atoms with Gasteiger partial charge in [-0.15, -0.1) is 5.10 Å². The molecule has 2 heterocycles. The van der Waals surface area contributed by atoms with Gasteiger partial charge < -0.3 is 10.3 Å². The second-order valence-electron chi connectivity index (χ2n) is 5.89. The summed E-state index contributed by atoms with van der Waals surface area (Å²) in [6.45, 7) is 2.53. The molecule has 0 saturated carbocycles. The van der Waals surface area contributed by atoms with Crippen molar-refractivity contribution in [3.8, 4) is 11.4 Å². The van der Waals surface area contributed by atoms with Crippen LogP contribution in [0.5, 0.6) is 0 Å². The van der Waals surface area contributed by atoms with Gasteiger partial charge in [0.2, 0.25) is 5.78 Å². The molecule has 25 heavy (non-hydrogen) atoms. The van der Waals surface area contributed by atoms with Gasteiger partial charge in [-0.2, -0.15) is 9.50 Å². The van der Waals surface area contributed by atoms with Crippen LogP contribution in [0, 0.1) is 6.92 Å². The first-order chi connectivity index (χ1) is 12.2. The van der Waals surface area contributed by atoms with Gasteiger partial charge in [0.25, 0.3) is 5.56 Å². The summed E-state index contributed by atoms with van der Waals surface area (Å²) in [6, 6.07) is 19.3. The highest BCUT2D eigenvalue weighted by atomic mass is 16.1. The van der Waals surface area contributed by atoms with Crippen LogP contribution in [0.25, 0.3) is 17.2 Å². The van der Waals surface area contributed by atoms with Crippen LogP contribution in [0.15, 0.2) is 65.5 Å². The van der Waals surface area contributed by atoms with Crippen molar-refractivity contribution in [1.29, 1.82) is 0 Å². The summed E-state index contributed by atoms with van der Waals surface area (Å²) in [6.07, 6.45) is 0. The number of H-pyrrole nitrogens is 1. The highest BCUT2D eigenvalue weighted by Crippen LogP contribution is 2.16. The lowest BCUT2D eigenvalue weighted by atomic mass is 10.1. The molecule has 0 bridgehead atoms. The third-order valence-electron chi connectivity index (χ3n) is 3.95. The Bertz CT molecular complexity index is 1060. The van der Waals surface area contributed by atoms with E-state index in [1.807, 2.05) is 61.5 Å². The highest BCUT2D eigenvalue weighted by molar-refractivity contribution is 5.57. The molecule has 2 aromatic carbocycles. The van der Waals surface area contributed by atoms with Gasteiger partial charge in [-0.25, -0.2) is 0 Å². The average Bonchev–Trinajstić information content (AvgIpc) is 3.06. The fourth-order valence-electron chi connectivity index (χ4n) is 2.61. The Morgan fingerprint density at radius 1 is 1.08 bits per heavy atom. The van der Waals surface area contributed by atoms with E-state index in [1.165, 1.54) is 10.6 Å². The van der Waals surface area contributed by atoms with Crippen molar-refractivity contribution >= 4 is 11.5 Å². The van der Waals surface area contributed by atoms with Gasteiger partial charge in [0.15, 0.2) is 5.82 Å². The molecular formula is C19H17N5O. The molecule has 0 unspecified atom stereocenters. The van der Waals surface area contributed by atoms with Crippen molar-refractivity contribution in [1.82, 2.24) is 19.6 Å². The molecule has 4 aromatic rings. The quantitative estimate of drug-likeness (QED) is 0.603. The van der Waals surface area contributed by atoms with Gasteiger partial charge in [0.05, 0.1) is 6.54 Å². The number of benzene rings is 2. The van der Waals surface area contributed by atoms with Crippen LogP contribution in [0.1, 0.15) is 11.3 Å². The molecule has 0 aliphatic rings. The van der Waals surface area contributed by atoms with E-state index in [1.54, 1.807) is 0 Å². The lowest BCUT2D eigenvalue weighted by molar-refractivity contribution is 0.879. The van der Waals surface area contributed by atoms with Crippen molar-refractivity contribution in [3.05, 3.63) is 82.3 Å². The summed E-state index contributed by atoms with van der Waals surface area (Å²) >= 11 is 0. The van der Waals surface area contributed by atoms with Crippen LogP contribution in [-0.2, 0) is 6.54 Å². The van der Waals surface area contributed by atoms with Gasteiger partial charge >= 0.3 is 0 Å². The lowest BCUT2D eigenvalue weighted by Crippen LogP contribution is -2.17. The maximum Gasteiger partial charge on any atom is 0.275 e. The van der Waals surface area contributed by atoms with E-state index in [-0.39, 0.29) is 5.56 Å². The molecule has 2 N–H and O–H groups in total. The number of aryl methyl sites for hydroxylation is 1. The van der Waals surface area contributed by atoms with E-state index in [4.69, 9.17) is 0 Å². The molecule has 0 radical (unpaired) electrons. The van der Waals surface area contributed by atoms with E-state index in [9.17, 15) is 4.79 Å². The molecule has 4 rings (SSSR count). The predicted octanol–water partition coefficient (Wildman–Crippen LogP) is 3.01. The fraction of sp³-hybridized carbons (Fsp3) is 0.105. The maximum atomic E-state index is 12.3. The number of aromatic nitrogens is 4. The van der Waals surface area contributed by atoms with Crippen LogP contribution < -0.4 is 10.9 Å². The average molecular weight is 331 g/mol. The molecule has 0 aliphatic heterocycles. The van der Waals surface area contributed by atoms with Gasteiger partial charge in [-0.3, -0.25) is 4.79 Å². The predicted molar refractivity (Wildman–Crippen MR) is 97.5 cm³/mol. The largest absolute Gasteiger partial charge is 0.379 e. The van der Waals surface area contributed by atoms with Crippen molar-refractivity contribution in [3.63, 3.8) is 0 Å². The number of aromatic amines is 1. The van der Waals surface area contributed by atoms with Gasteiger partial charge in [-0.05, 0) is 19.1 Å². The number of nitrogens with one attached hydrogen (secondary N) is 2. The number of fused-ring (bicyclic) bond motifs is 1. The first-order valence-electron chi connectivity index (χ1n) is 8.04. The third-order valence-corrected chi connectivity index (χ3v) is 3.95. The zero-order valence-electron chi connectivity index (χ0n) is 13.7. The molecule has 0 saturated heterocycles. The van der Waals surface area contributed by atoms with Crippen molar-refractivity contribution in [2.45, 2.75) is 13.5 Å². The Labute approximate surface area is 144 Å². The standard InChI is InChI=1S/C19H17N5O/c1-13-7-9-14(10-8-13)18-22-19-21-16(11-17(25)24(19)23-18)12-20-15-5-3-2-4-6-15/h2-11,20H,12H2,1H3,(H,21,22,23). The summed E-state index contributed by atoms with van der Waals surface area (Å²) in [4.78, 5) is 19.9. The molecule has 6 heteroatoms. The maximum absolute atomic E-state index is 12.3. The Morgan fingerprint density at radius 3 is 2.60 bits per heavy atom. The molecule has 6 nitrogen and oxygen atoms in total. The van der Waals surface area contributed by atoms with Gasteiger partial charge in [-0.1, -0.05) is 48.0 Å². The number of hydrogen-bond donors (Lipinski definition) is 2. The molecule has 0 fully saturated rings. The summed E-state index contributed by atoms with van der Waals surface area (Å²) in [5.74, 6) is 0.967. The topological polar surface area (TPSA) is 75.1 Å². The molecule has 0 atom stereocenters. The van der Waals surface area contributed by atoms with Crippen LogP contribution in [0.4, 0.5) is 5.69 Å². The summed E-state index contributed by atoms with van der Waals surface area (Å²) < 4.78 is 1.29. The SMILES string of the molecule is Cc1ccc(-c2nc3[nH]c(CNc4ccccc4)cc(=O)n3n2)cc1. The molecule has 0 amide bonds. The van der Waals surface area contributed by atoms with E-state index >= 15 is 0 Å². The molecule has 0 aliphatic carbocycles. The number of hydrogen-bond acceptors (Lipinski definition) is 4. The summed E-state index contributed by atoms with van der Waals surface area (Å²) in [5, 5.41) is 7.58. The molecule has 124 valence electrons. The Hall–Kier alpha value is -3.41. The van der Waals surface area contributed by atoms with Gasteiger partial charge in [0, 0.05) is 23.0 Å². The minimum absolute atomic E-state index is 0.204. The Balaban J connectivity index is 1.65. The minimum Gasteiger partial charge on any atom is -0.379 e. The van der Waals surface area contributed by atoms with Crippen LogP contribution in [-0.4, -0.2) is 19.6 Å². The molecule has 2 aromatic heterocycles. The number of para-hydroxylation sites is 1. The van der Waals surface area contributed by atoms with E-state index in [2.05, 4.69) is 20.4 Å². The Morgan fingerprint density at radius 2 is 1.84 bits per heavy atom. The van der Waals surface area contributed by atoms with Crippen LogP contribution in [0.3, 0.4) is 0 Å². The smallest absolute Gasteiger partial charge is 0.275 e. The van der Waals surface area contributed by atoms with E-state index in [0.29, 0.717) is 18.1 Å². The zero-order chi connectivity index (χ0) is 17.2. The van der Waals surface area contributed by atoms with Crippen molar-refractivity contribution in [2.75, 3.05) is 5.32 Å². The van der Waals surface area contributed by atoms with Crippen molar-refractivity contribution < 1.29 is 0 Å². The minimum atomic E-state index is -0.204. The first-order valence-corrected chi connectivity index (χ1v) is 8.04. The third kappa shape index (κ3) is 3.14. The first kappa shape index (κ1) is 15.1.